The van der Waals surface area contributed by atoms with Crippen LogP contribution in [0.1, 0.15) is 70.1 Å². The summed E-state index contributed by atoms with van der Waals surface area (Å²) in [5.74, 6) is -0.326. The molecule has 7 nitrogen and oxygen atoms in total. The normalized spacial score (nSPS) is 13.0. The number of carbonyl (C=O) groups excluding carboxylic acids is 2. The Morgan fingerprint density at radius 2 is 1.51 bits per heavy atom. The molecule has 0 saturated carbocycles. The molecule has 0 aliphatic carbocycles. The molecule has 8 heteroatoms. The van der Waals surface area contributed by atoms with Crippen LogP contribution in [0.4, 0.5) is 5.69 Å². The lowest BCUT2D eigenvalue weighted by molar-refractivity contribution is -0.141. The largest absolute Gasteiger partial charge is 0.352 e. The van der Waals surface area contributed by atoms with Gasteiger partial charge >= 0.3 is 0 Å². The highest BCUT2D eigenvalue weighted by Crippen LogP contribution is 2.21. The van der Waals surface area contributed by atoms with Crippen molar-refractivity contribution < 1.29 is 18.0 Å². The number of hydrogen-bond donors (Lipinski definition) is 1. The van der Waals surface area contributed by atoms with Gasteiger partial charge in [0.25, 0.3) is 0 Å². The summed E-state index contributed by atoms with van der Waals surface area (Å²) in [5.41, 5.74) is 3.78. The van der Waals surface area contributed by atoms with Crippen molar-refractivity contribution in [2.75, 3.05) is 17.1 Å². The van der Waals surface area contributed by atoms with Gasteiger partial charge in [0.2, 0.25) is 21.8 Å². The number of amides is 2. The number of nitrogens with one attached hydrogen (secondary N) is 1. The summed E-state index contributed by atoms with van der Waals surface area (Å²) < 4.78 is 26.4. The summed E-state index contributed by atoms with van der Waals surface area (Å²) in [6.45, 7) is 10.4. The zero-order valence-electron chi connectivity index (χ0n) is 23.2. The van der Waals surface area contributed by atoms with Gasteiger partial charge in [0, 0.05) is 25.6 Å². The lowest BCUT2D eigenvalue weighted by Gasteiger charge is -2.32. The quantitative estimate of drug-likeness (QED) is 0.380. The first-order valence-corrected chi connectivity index (χ1v) is 15.1. The van der Waals surface area contributed by atoms with Crippen LogP contribution in [0, 0.1) is 6.92 Å². The number of carbonyl (C=O) groups is 2. The third-order valence-corrected chi connectivity index (χ3v) is 7.84. The fraction of sp³-hybridized carbons (Fsp3) is 0.517. The molecule has 1 N–H and O–H groups in total. The Morgan fingerprint density at radius 3 is 2.03 bits per heavy atom. The van der Waals surface area contributed by atoms with Gasteiger partial charge in [-0.2, -0.15) is 0 Å². The molecule has 0 radical (unpaired) electrons. The molecule has 0 unspecified atom stereocenters. The molecule has 0 fully saturated rings. The third kappa shape index (κ3) is 9.18. The van der Waals surface area contributed by atoms with Crippen molar-refractivity contribution in [2.45, 2.75) is 85.4 Å². The molecule has 0 heterocycles. The number of anilines is 1. The van der Waals surface area contributed by atoms with Gasteiger partial charge in [-0.1, -0.05) is 62.7 Å². The molecule has 0 saturated heterocycles. The minimum Gasteiger partial charge on any atom is -0.352 e. The van der Waals surface area contributed by atoms with Crippen LogP contribution in [0.25, 0.3) is 0 Å². The molecule has 204 valence electrons. The number of benzene rings is 2. The summed E-state index contributed by atoms with van der Waals surface area (Å²) in [7, 11) is -3.51. The molecule has 0 bridgehead atoms. The first-order valence-electron chi connectivity index (χ1n) is 13.2. The molecule has 2 atom stereocenters. The second-order valence-corrected chi connectivity index (χ2v) is 11.6. The first-order chi connectivity index (χ1) is 17.5. The van der Waals surface area contributed by atoms with Crippen molar-refractivity contribution >= 4 is 27.5 Å². The summed E-state index contributed by atoms with van der Waals surface area (Å²) >= 11 is 0. The van der Waals surface area contributed by atoms with Crippen LogP contribution in [-0.4, -0.2) is 50.0 Å². The van der Waals surface area contributed by atoms with Gasteiger partial charge in [-0.15, -0.1) is 0 Å². The van der Waals surface area contributed by atoms with E-state index in [1.807, 2.05) is 71.0 Å². The van der Waals surface area contributed by atoms with Gasteiger partial charge in [-0.3, -0.25) is 13.9 Å². The summed E-state index contributed by atoms with van der Waals surface area (Å²) in [6.07, 6.45) is 3.81. The number of nitrogens with zero attached hydrogens (tertiary/aromatic N) is 2. The van der Waals surface area contributed by atoms with E-state index in [0.717, 1.165) is 29.5 Å². The minimum absolute atomic E-state index is 0.0142. The second kappa shape index (κ2) is 14.2. The van der Waals surface area contributed by atoms with Gasteiger partial charge in [0.15, 0.2) is 0 Å². The monoisotopic (exact) mass is 529 g/mol. The minimum atomic E-state index is -3.51. The molecule has 0 aromatic heterocycles. The SMILES string of the molecule is CCc1ccc(N(CCCC(=O)N(Cc2ccc(C)cc2)[C@@H](CC)C(=O)N[C@@H](C)CC)S(C)(=O)=O)cc1. The predicted molar refractivity (Wildman–Crippen MR) is 151 cm³/mol. The number of aryl methyl sites for hydroxylation is 2. The highest BCUT2D eigenvalue weighted by molar-refractivity contribution is 7.92. The van der Waals surface area contributed by atoms with Crippen molar-refractivity contribution in [1.82, 2.24) is 10.2 Å². The van der Waals surface area contributed by atoms with E-state index in [0.29, 0.717) is 25.1 Å². The molecule has 2 aromatic carbocycles. The maximum absolute atomic E-state index is 13.5. The van der Waals surface area contributed by atoms with Crippen molar-refractivity contribution in [3.05, 3.63) is 65.2 Å². The molecule has 2 aromatic rings. The van der Waals surface area contributed by atoms with E-state index in [1.54, 1.807) is 17.0 Å². The first kappa shape index (κ1) is 30.4. The van der Waals surface area contributed by atoms with Gasteiger partial charge in [-0.05, 0) is 62.8 Å². The molecule has 0 spiro atoms. The molecular weight excluding hydrogens is 486 g/mol. The van der Waals surface area contributed by atoms with Crippen LogP contribution in [0.2, 0.25) is 0 Å². The Balaban J connectivity index is 2.21. The summed E-state index contributed by atoms with van der Waals surface area (Å²) in [5, 5.41) is 3.02. The van der Waals surface area contributed by atoms with Crippen molar-refractivity contribution in [1.29, 1.82) is 0 Å². The lowest BCUT2D eigenvalue weighted by Crippen LogP contribution is -2.50. The highest BCUT2D eigenvalue weighted by atomic mass is 32.2. The number of rotatable bonds is 14. The molecule has 2 rings (SSSR count). The zero-order chi connectivity index (χ0) is 27.6. The Hall–Kier alpha value is -2.87. The third-order valence-electron chi connectivity index (χ3n) is 6.65. The number of hydrogen-bond acceptors (Lipinski definition) is 4. The van der Waals surface area contributed by atoms with E-state index in [-0.39, 0.29) is 30.8 Å². The molecular formula is C29H43N3O4S. The maximum Gasteiger partial charge on any atom is 0.243 e. The van der Waals surface area contributed by atoms with Crippen LogP contribution in [0.5, 0.6) is 0 Å². The average Bonchev–Trinajstić information content (AvgIpc) is 2.86. The maximum atomic E-state index is 13.5. The second-order valence-electron chi connectivity index (χ2n) is 9.71. The van der Waals surface area contributed by atoms with Gasteiger partial charge in [0.1, 0.15) is 6.04 Å². The number of sulfonamides is 1. The summed E-state index contributed by atoms with van der Waals surface area (Å²) in [6, 6.07) is 14.8. The van der Waals surface area contributed by atoms with E-state index < -0.39 is 16.1 Å². The van der Waals surface area contributed by atoms with Crippen molar-refractivity contribution in [3.63, 3.8) is 0 Å². The van der Waals surface area contributed by atoms with Crippen LogP contribution >= 0.6 is 0 Å². The Kier molecular flexibility index (Phi) is 11.6. The van der Waals surface area contributed by atoms with E-state index >= 15 is 0 Å². The van der Waals surface area contributed by atoms with Gasteiger partial charge < -0.3 is 10.2 Å². The lowest BCUT2D eigenvalue weighted by atomic mass is 10.1. The topological polar surface area (TPSA) is 86.8 Å². The fourth-order valence-electron chi connectivity index (χ4n) is 4.15. The smallest absolute Gasteiger partial charge is 0.243 e. The van der Waals surface area contributed by atoms with E-state index in [9.17, 15) is 18.0 Å². The zero-order valence-corrected chi connectivity index (χ0v) is 24.0. The van der Waals surface area contributed by atoms with Gasteiger partial charge in [0.05, 0.1) is 11.9 Å². The highest BCUT2D eigenvalue weighted by Gasteiger charge is 2.29. The molecule has 0 aliphatic rings. The fourth-order valence-corrected chi connectivity index (χ4v) is 5.12. The van der Waals surface area contributed by atoms with Crippen molar-refractivity contribution in [3.8, 4) is 0 Å². The molecule has 2 amide bonds. The van der Waals surface area contributed by atoms with Gasteiger partial charge in [-0.25, -0.2) is 8.42 Å². The average molecular weight is 530 g/mol. The Labute approximate surface area is 223 Å². The van der Waals surface area contributed by atoms with Crippen LogP contribution in [0.15, 0.2) is 48.5 Å². The van der Waals surface area contributed by atoms with Crippen LogP contribution < -0.4 is 9.62 Å². The van der Waals surface area contributed by atoms with Crippen molar-refractivity contribution in [2.24, 2.45) is 0 Å². The van der Waals surface area contributed by atoms with Crippen LogP contribution in [-0.2, 0) is 32.6 Å². The Bertz CT molecular complexity index is 1110. The van der Waals surface area contributed by atoms with E-state index in [1.165, 1.54) is 10.6 Å². The van der Waals surface area contributed by atoms with E-state index in [2.05, 4.69) is 5.32 Å². The molecule has 37 heavy (non-hydrogen) atoms. The summed E-state index contributed by atoms with van der Waals surface area (Å²) in [4.78, 5) is 28.2. The van der Waals surface area contributed by atoms with Crippen LogP contribution in [0.3, 0.4) is 0 Å². The van der Waals surface area contributed by atoms with E-state index in [4.69, 9.17) is 0 Å². The Morgan fingerprint density at radius 1 is 0.919 bits per heavy atom. The molecule has 0 aliphatic heterocycles. The standard InChI is InChI=1S/C29H43N3O4S/c1-7-23(5)30-29(34)27(9-3)31(21-25-14-12-22(4)13-15-25)28(33)11-10-20-32(37(6,35)36)26-18-16-24(8-2)17-19-26/h12-19,23,27H,7-11,20-21H2,1-6H3,(H,30,34)/t23-,27-/m0/s1. The predicted octanol–water partition coefficient (Wildman–Crippen LogP) is 4.83.